The average Bonchev–Trinajstić information content (AvgIpc) is 2.32. The molecule has 1 atom stereocenters. The number of piperidine rings is 1. The summed E-state index contributed by atoms with van der Waals surface area (Å²) in [7, 11) is 0. The van der Waals surface area contributed by atoms with Crippen molar-refractivity contribution in [1.82, 2.24) is 4.90 Å². The number of para-hydroxylation sites is 1. The van der Waals surface area contributed by atoms with Crippen molar-refractivity contribution in [2.24, 2.45) is 5.41 Å². The first-order chi connectivity index (χ1) is 8.48. The van der Waals surface area contributed by atoms with Crippen LogP contribution < -0.4 is 5.73 Å². The molecule has 2 rings (SSSR count). The Hall–Kier alpha value is -1.06. The molecular weight excluding hydrogens is 224 g/mol. The highest BCUT2D eigenvalue weighted by atomic mass is 16.3. The van der Waals surface area contributed by atoms with Gasteiger partial charge in [-0.25, -0.2) is 0 Å². The van der Waals surface area contributed by atoms with E-state index in [0.29, 0.717) is 17.6 Å². The molecule has 0 aliphatic carbocycles. The SMILES string of the molecule is CC1(C)CCN(CC(O)c2ccccc2N)CC1. The van der Waals surface area contributed by atoms with Crippen molar-refractivity contribution in [2.45, 2.75) is 32.8 Å². The van der Waals surface area contributed by atoms with Gasteiger partial charge in [0.2, 0.25) is 0 Å². The number of aliphatic hydroxyl groups excluding tert-OH is 1. The molecule has 1 unspecified atom stereocenters. The highest BCUT2D eigenvalue weighted by Gasteiger charge is 2.26. The lowest BCUT2D eigenvalue weighted by Gasteiger charge is -2.37. The van der Waals surface area contributed by atoms with Crippen molar-refractivity contribution < 1.29 is 5.11 Å². The molecular formula is C15H24N2O. The van der Waals surface area contributed by atoms with Crippen LogP contribution in [0, 0.1) is 5.41 Å². The monoisotopic (exact) mass is 248 g/mol. The van der Waals surface area contributed by atoms with Crippen LogP contribution in [-0.2, 0) is 0 Å². The van der Waals surface area contributed by atoms with Gasteiger partial charge in [-0.2, -0.15) is 0 Å². The van der Waals surface area contributed by atoms with Crippen LogP contribution in [0.1, 0.15) is 38.4 Å². The van der Waals surface area contributed by atoms with Gasteiger partial charge < -0.3 is 15.7 Å². The summed E-state index contributed by atoms with van der Waals surface area (Å²) in [5.74, 6) is 0. The van der Waals surface area contributed by atoms with E-state index in [-0.39, 0.29) is 0 Å². The van der Waals surface area contributed by atoms with Crippen LogP contribution in [0.5, 0.6) is 0 Å². The van der Waals surface area contributed by atoms with E-state index in [9.17, 15) is 5.11 Å². The first-order valence-electron chi connectivity index (χ1n) is 6.73. The van der Waals surface area contributed by atoms with Gasteiger partial charge in [-0.15, -0.1) is 0 Å². The van der Waals surface area contributed by atoms with E-state index in [1.54, 1.807) is 0 Å². The topological polar surface area (TPSA) is 49.5 Å². The van der Waals surface area contributed by atoms with E-state index in [1.807, 2.05) is 24.3 Å². The van der Waals surface area contributed by atoms with Crippen LogP contribution >= 0.6 is 0 Å². The molecule has 0 aromatic heterocycles. The summed E-state index contributed by atoms with van der Waals surface area (Å²) in [5, 5.41) is 10.3. The Bertz CT molecular complexity index is 393. The molecule has 1 aliphatic rings. The number of nitrogens with zero attached hydrogens (tertiary/aromatic N) is 1. The Kier molecular flexibility index (Phi) is 3.93. The van der Waals surface area contributed by atoms with Crippen molar-refractivity contribution in [3.05, 3.63) is 29.8 Å². The van der Waals surface area contributed by atoms with Crippen LogP contribution in [-0.4, -0.2) is 29.6 Å². The second-order valence-electron chi connectivity index (χ2n) is 6.11. The number of anilines is 1. The molecule has 18 heavy (non-hydrogen) atoms. The predicted octanol–water partition coefficient (Wildman–Crippen LogP) is 2.42. The Morgan fingerprint density at radius 1 is 1.28 bits per heavy atom. The quantitative estimate of drug-likeness (QED) is 0.808. The molecule has 1 aromatic carbocycles. The zero-order valence-corrected chi connectivity index (χ0v) is 11.4. The molecule has 1 aromatic rings. The first-order valence-corrected chi connectivity index (χ1v) is 6.73. The molecule has 3 heteroatoms. The van der Waals surface area contributed by atoms with Gasteiger partial charge >= 0.3 is 0 Å². The fourth-order valence-corrected chi connectivity index (χ4v) is 2.50. The molecule has 3 nitrogen and oxygen atoms in total. The van der Waals surface area contributed by atoms with Crippen LogP contribution in [0.15, 0.2) is 24.3 Å². The van der Waals surface area contributed by atoms with Crippen molar-refractivity contribution in [1.29, 1.82) is 0 Å². The van der Waals surface area contributed by atoms with E-state index < -0.39 is 6.10 Å². The Labute approximate surface area is 110 Å². The average molecular weight is 248 g/mol. The Morgan fingerprint density at radius 3 is 2.50 bits per heavy atom. The van der Waals surface area contributed by atoms with Gasteiger partial charge in [0.25, 0.3) is 0 Å². The lowest BCUT2D eigenvalue weighted by Crippen LogP contribution is -2.39. The third kappa shape index (κ3) is 3.24. The van der Waals surface area contributed by atoms with Gasteiger partial charge in [0, 0.05) is 17.8 Å². The smallest absolute Gasteiger partial charge is 0.0936 e. The first kappa shape index (κ1) is 13.4. The summed E-state index contributed by atoms with van der Waals surface area (Å²) < 4.78 is 0. The van der Waals surface area contributed by atoms with Crippen LogP contribution in [0.2, 0.25) is 0 Å². The molecule has 1 fully saturated rings. The van der Waals surface area contributed by atoms with Crippen molar-refractivity contribution in [3.63, 3.8) is 0 Å². The van der Waals surface area contributed by atoms with Gasteiger partial charge in [-0.1, -0.05) is 32.0 Å². The summed E-state index contributed by atoms with van der Waals surface area (Å²) in [5.41, 5.74) is 7.87. The number of nitrogen functional groups attached to an aromatic ring is 1. The molecule has 3 N–H and O–H groups in total. The van der Waals surface area contributed by atoms with E-state index in [2.05, 4.69) is 18.7 Å². The minimum atomic E-state index is -0.479. The van der Waals surface area contributed by atoms with Crippen LogP contribution in [0.4, 0.5) is 5.69 Å². The van der Waals surface area contributed by atoms with Crippen molar-refractivity contribution >= 4 is 5.69 Å². The number of benzene rings is 1. The summed E-state index contributed by atoms with van der Waals surface area (Å²) in [6, 6.07) is 7.58. The molecule has 100 valence electrons. The molecule has 1 heterocycles. The minimum Gasteiger partial charge on any atom is -0.398 e. The van der Waals surface area contributed by atoms with E-state index in [4.69, 9.17) is 5.73 Å². The summed E-state index contributed by atoms with van der Waals surface area (Å²) >= 11 is 0. The van der Waals surface area contributed by atoms with E-state index in [1.165, 1.54) is 12.8 Å². The third-order valence-corrected chi connectivity index (χ3v) is 4.00. The van der Waals surface area contributed by atoms with Gasteiger partial charge in [0.05, 0.1) is 6.10 Å². The third-order valence-electron chi connectivity index (χ3n) is 4.00. The maximum absolute atomic E-state index is 10.3. The Morgan fingerprint density at radius 2 is 1.89 bits per heavy atom. The number of nitrogens with two attached hydrogens (primary N) is 1. The fourth-order valence-electron chi connectivity index (χ4n) is 2.50. The number of hydrogen-bond acceptors (Lipinski definition) is 3. The molecule has 0 saturated carbocycles. The summed E-state index contributed by atoms with van der Waals surface area (Å²) in [6.45, 7) is 7.45. The lowest BCUT2D eigenvalue weighted by atomic mass is 9.82. The number of likely N-dealkylation sites (tertiary alicyclic amines) is 1. The van der Waals surface area contributed by atoms with Gasteiger partial charge in [-0.3, -0.25) is 0 Å². The summed E-state index contributed by atoms with van der Waals surface area (Å²) in [4.78, 5) is 2.34. The number of rotatable bonds is 3. The zero-order valence-electron chi connectivity index (χ0n) is 11.4. The zero-order chi connectivity index (χ0) is 13.2. The van der Waals surface area contributed by atoms with Crippen molar-refractivity contribution in [2.75, 3.05) is 25.4 Å². The molecule has 0 radical (unpaired) electrons. The second kappa shape index (κ2) is 5.29. The maximum Gasteiger partial charge on any atom is 0.0936 e. The second-order valence-corrected chi connectivity index (χ2v) is 6.11. The lowest BCUT2D eigenvalue weighted by molar-refractivity contribution is 0.0707. The maximum atomic E-state index is 10.3. The van der Waals surface area contributed by atoms with Gasteiger partial charge in [-0.05, 0) is 37.4 Å². The minimum absolute atomic E-state index is 0.452. The van der Waals surface area contributed by atoms with Crippen molar-refractivity contribution in [3.8, 4) is 0 Å². The number of aliphatic hydroxyl groups is 1. The highest BCUT2D eigenvalue weighted by molar-refractivity contribution is 5.47. The summed E-state index contributed by atoms with van der Waals surface area (Å²) in [6.07, 6.45) is 1.92. The predicted molar refractivity (Wildman–Crippen MR) is 75.3 cm³/mol. The van der Waals surface area contributed by atoms with Gasteiger partial charge in [0.1, 0.15) is 0 Å². The molecule has 0 spiro atoms. The van der Waals surface area contributed by atoms with Crippen LogP contribution in [0.3, 0.4) is 0 Å². The van der Waals surface area contributed by atoms with Crippen LogP contribution in [0.25, 0.3) is 0 Å². The number of β-amino-alcohol motifs (C(OH)–C–C–N with tert-alkyl or cyclic N) is 1. The largest absolute Gasteiger partial charge is 0.398 e. The molecule has 0 amide bonds. The molecule has 1 saturated heterocycles. The van der Waals surface area contributed by atoms with Gasteiger partial charge in [0.15, 0.2) is 0 Å². The number of hydrogen-bond donors (Lipinski definition) is 2. The highest BCUT2D eigenvalue weighted by Crippen LogP contribution is 2.31. The van der Waals surface area contributed by atoms with E-state index in [0.717, 1.165) is 18.7 Å². The standard InChI is InChI=1S/C15H24N2O/c1-15(2)7-9-17(10-8-15)11-14(18)12-5-3-4-6-13(12)16/h3-6,14,18H,7-11,16H2,1-2H3. The fraction of sp³-hybridized carbons (Fsp3) is 0.600. The normalized spacial score (nSPS) is 21.7. The molecule has 1 aliphatic heterocycles. The molecule has 0 bridgehead atoms. The van der Waals surface area contributed by atoms with E-state index >= 15 is 0 Å². The Balaban J connectivity index is 1.93.